The molecule has 6 nitrogen and oxygen atoms in total. The number of hydrogen-bond donors (Lipinski definition) is 2. The summed E-state index contributed by atoms with van der Waals surface area (Å²) in [6.45, 7) is 0.295. The van der Waals surface area contributed by atoms with E-state index in [9.17, 15) is 22.0 Å². The van der Waals surface area contributed by atoms with E-state index in [1.807, 2.05) is 0 Å². The first-order valence-electron chi connectivity index (χ1n) is 6.06. The minimum Gasteiger partial charge on any atom is -0.379 e. The molecule has 116 valence electrons. The highest BCUT2D eigenvalue weighted by Crippen LogP contribution is 2.27. The van der Waals surface area contributed by atoms with Crippen molar-refractivity contribution in [3.8, 4) is 0 Å². The van der Waals surface area contributed by atoms with E-state index in [0.29, 0.717) is 6.61 Å². The fraction of sp³-hybridized carbons (Fsp3) is 0.417. The molecule has 1 aromatic carbocycles. The summed E-state index contributed by atoms with van der Waals surface area (Å²) in [7, 11) is -4.82. The molecule has 0 spiro atoms. The lowest BCUT2D eigenvalue weighted by molar-refractivity contribution is -0.121. The molecule has 0 bridgehead atoms. The number of carbonyl (C=O) groups excluding carboxylic acids is 1. The summed E-state index contributed by atoms with van der Waals surface area (Å²) in [5.41, 5.74) is 4.32. The summed E-state index contributed by atoms with van der Waals surface area (Å²) < 4.78 is 53.5. The van der Waals surface area contributed by atoms with Crippen molar-refractivity contribution in [2.24, 2.45) is 5.73 Å². The van der Waals surface area contributed by atoms with Gasteiger partial charge in [0.15, 0.2) is 0 Å². The van der Waals surface area contributed by atoms with Crippen molar-refractivity contribution in [1.29, 1.82) is 0 Å². The van der Waals surface area contributed by atoms with Gasteiger partial charge in [0.1, 0.15) is 5.54 Å². The Bertz CT molecular complexity index is 642. The number of ether oxygens (including phenoxy) is 1. The molecule has 0 saturated carbocycles. The topological polar surface area (TPSA) is 98.5 Å². The summed E-state index contributed by atoms with van der Waals surface area (Å²) in [6.07, 6.45) is 0.266. The zero-order valence-corrected chi connectivity index (χ0v) is 11.7. The number of hydrogen-bond acceptors (Lipinski definition) is 5. The predicted octanol–water partition coefficient (Wildman–Crippen LogP) is 0.739. The van der Waals surface area contributed by atoms with Crippen LogP contribution in [0.2, 0.25) is 0 Å². The van der Waals surface area contributed by atoms with Crippen molar-refractivity contribution in [1.82, 2.24) is 0 Å². The zero-order chi connectivity index (χ0) is 15.7. The van der Waals surface area contributed by atoms with Crippen LogP contribution in [-0.4, -0.2) is 38.8 Å². The lowest BCUT2D eigenvalue weighted by Crippen LogP contribution is -2.51. The smallest absolute Gasteiger partial charge is 0.341 e. The van der Waals surface area contributed by atoms with Gasteiger partial charge in [-0.2, -0.15) is 8.78 Å². The fourth-order valence-corrected chi connectivity index (χ4v) is 2.81. The van der Waals surface area contributed by atoms with E-state index in [-0.39, 0.29) is 18.7 Å². The third kappa shape index (κ3) is 3.04. The van der Waals surface area contributed by atoms with Crippen LogP contribution in [0.15, 0.2) is 29.2 Å². The van der Waals surface area contributed by atoms with Gasteiger partial charge in [0.2, 0.25) is 15.7 Å². The molecule has 1 aliphatic heterocycles. The summed E-state index contributed by atoms with van der Waals surface area (Å²) >= 11 is 0. The second kappa shape index (κ2) is 5.66. The minimum atomic E-state index is -4.82. The zero-order valence-electron chi connectivity index (χ0n) is 10.9. The maximum atomic E-state index is 12.6. The van der Waals surface area contributed by atoms with Gasteiger partial charge >= 0.3 is 5.76 Å². The molecule has 2 rings (SSSR count). The standard InChI is InChI=1S/C12H14F2N2O4S/c13-11(14)21(18,19)9-4-2-1-3-8(9)16-10(17)12(15)5-6-20-7-12/h1-4,11H,5-7,15H2,(H,16,17). The average molecular weight is 320 g/mol. The molecule has 0 aliphatic carbocycles. The first-order chi connectivity index (χ1) is 9.77. The van der Waals surface area contributed by atoms with E-state index >= 15 is 0 Å². The monoisotopic (exact) mass is 320 g/mol. The van der Waals surface area contributed by atoms with Gasteiger partial charge in [-0.25, -0.2) is 8.42 Å². The third-order valence-corrected chi connectivity index (χ3v) is 4.62. The maximum absolute atomic E-state index is 12.6. The molecule has 1 aromatic rings. The van der Waals surface area contributed by atoms with Crippen molar-refractivity contribution in [2.75, 3.05) is 18.5 Å². The van der Waals surface area contributed by atoms with E-state index in [4.69, 9.17) is 10.5 Å². The highest BCUT2D eigenvalue weighted by Gasteiger charge is 2.39. The van der Waals surface area contributed by atoms with Gasteiger partial charge in [-0.15, -0.1) is 0 Å². The predicted molar refractivity (Wildman–Crippen MR) is 70.6 cm³/mol. The van der Waals surface area contributed by atoms with Crippen LogP contribution in [0.1, 0.15) is 6.42 Å². The van der Waals surface area contributed by atoms with Crippen LogP contribution in [0.4, 0.5) is 14.5 Å². The second-order valence-corrected chi connectivity index (χ2v) is 6.60. The number of sulfone groups is 1. The first kappa shape index (κ1) is 15.8. The van der Waals surface area contributed by atoms with E-state index in [1.165, 1.54) is 18.2 Å². The van der Waals surface area contributed by atoms with Crippen LogP contribution >= 0.6 is 0 Å². The molecule has 1 saturated heterocycles. The Balaban J connectivity index is 2.32. The van der Waals surface area contributed by atoms with E-state index in [1.54, 1.807) is 0 Å². The van der Waals surface area contributed by atoms with Crippen molar-refractivity contribution in [3.63, 3.8) is 0 Å². The van der Waals surface area contributed by atoms with Gasteiger partial charge in [-0.1, -0.05) is 12.1 Å². The molecule has 0 aromatic heterocycles. The van der Waals surface area contributed by atoms with Crippen molar-refractivity contribution in [2.45, 2.75) is 22.6 Å². The summed E-state index contributed by atoms with van der Waals surface area (Å²) in [6, 6.07) is 4.95. The number of nitrogens with one attached hydrogen (secondary N) is 1. The van der Waals surface area contributed by atoms with Crippen molar-refractivity contribution < 1.29 is 26.7 Å². The Hall–Kier alpha value is -1.58. The average Bonchev–Trinajstić information content (AvgIpc) is 2.87. The third-order valence-electron chi connectivity index (χ3n) is 3.18. The quantitative estimate of drug-likeness (QED) is 0.852. The second-order valence-electron chi connectivity index (χ2n) is 4.71. The van der Waals surface area contributed by atoms with Crippen LogP contribution < -0.4 is 11.1 Å². The SMILES string of the molecule is NC1(C(=O)Nc2ccccc2S(=O)(=O)C(F)F)CCOC1. The van der Waals surface area contributed by atoms with E-state index in [0.717, 1.165) is 6.07 Å². The van der Waals surface area contributed by atoms with Crippen LogP contribution in [-0.2, 0) is 19.4 Å². The molecule has 1 atom stereocenters. The number of benzene rings is 1. The van der Waals surface area contributed by atoms with Crippen LogP contribution in [0.3, 0.4) is 0 Å². The number of anilines is 1. The minimum absolute atomic E-state index is 0.0113. The van der Waals surface area contributed by atoms with Crippen LogP contribution in [0.25, 0.3) is 0 Å². The molecule has 1 fully saturated rings. The van der Waals surface area contributed by atoms with Gasteiger partial charge < -0.3 is 15.8 Å². The van der Waals surface area contributed by atoms with Gasteiger partial charge in [0.25, 0.3) is 0 Å². The molecular formula is C12H14F2N2O4S. The van der Waals surface area contributed by atoms with E-state index < -0.39 is 31.9 Å². The molecule has 21 heavy (non-hydrogen) atoms. The Morgan fingerprint density at radius 1 is 1.38 bits per heavy atom. The number of rotatable bonds is 4. The Kier molecular flexibility index (Phi) is 4.26. The highest BCUT2D eigenvalue weighted by atomic mass is 32.2. The van der Waals surface area contributed by atoms with Gasteiger partial charge in [-0.05, 0) is 18.6 Å². The fourth-order valence-electron chi connectivity index (χ4n) is 1.92. The number of nitrogens with two attached hydrogens (primary N) is 1. The van der Waals surface area contributed by atoms with Crippen molar-refractivity contribution in [3.05, 3.63) is 24.3 Å². The maximum Gasteiger partial charge on any atom is 0.341 e. The molecule has 1 aliphatic rings. The summed E-state index contributed by atoms with van der Waals surface area (Å²) in [5, 5.41) is 2.30. The highest BCUT2D eigenvalue weighted by molar-refractivity contribution is 7.91. The molecule has 1 amide bonds. The Morgan fingerprint density at radius 3 is 2.62 bits per heavy atom. The van der Waals surface area contributed by atoms with Crippen molar-refractivity contribution >= 4 is 21.4 Å². The lowest BCUT2D eigenvalue weighted by Gasteiger charge is -2.21. The van der Waals surface area contributed by atoms with Gasteiger partial charge in [0, 0.05) is 6.61 Å². The molecule has 1 heterocycles. The number of halogens is 2. The number of para-hydroxylation sites is 1. The lowest BCUT2D eigenvalue weighted by atomic mass is 9.99. The summed E-state index contributed by atoms with van der Waals surface area (Å²) in [5.74, 6) is -4.24. The molecule has 9 heteroatoms. The normalized spacial score (nSPS) is 22.5. The van der Waals surface area contributed by atoms with Gasteiger partial charge in [0.05, 0.1) is 17.2 Å². The van der Waals surface area contributed by atoms with Crippen LogP contribution in [0, 0.1) is 0 Å². The number of alkyl halides is 2. The molecule has 3 N–H and O–H groups in total. The number of carbonyl (C=O) groups is 1. The molecule has 0 radical (unpaired) electrons. The Morgan fingerprint density at radius 2 is 2.05 bits per heavy atom. The van der Waals surface area contributed by atoms with Crippen LogP contribution in [0.5, 0.6) is 0 Å². The largest absolute Gasteiger partial charge is 0.379 e. The molecule has 1 unspecified atom stereocenters. The summed E-state index contributed by atoms with van der Waals surface area (Å²) in [4.78, 5) is 11.4. The van der Waals surface area contributed by atoms with Gasteiger partial charge in [-0.3, -0.25) is 4.79 Å². The first-order valence-corrected chi connectivity index (χ1v) is 7.61. The number of amides is 1. The Labute approximate surface area is 120 Å². The molecular weight excluding hydrogens is 306 g/mol. The van der Waals surface area contributed by atoms with E-state index in [2.05, 4.69) is 5.32 Å².